The third kappa shape index (κ3) is 16.3. The first-order valence-corrected chi connectivity index (χ1v) is 14.6. The Morgan fingerprint density at radius 2 is 1.09 bits per heavy atom. The van der Waals surface area contributed by atoms with Crippen LogP contribution in [0.15, 0.2) is 29.2 Å². The van der Waals surface area contributed by atoms with E-state index in [1.807, 2.05) is 6.92 Å². The molecule has 0 fully saturated rings. The highest BCUT2D eigenvalue weighted by Gasteiger charge is 2.25. The summed E-state index contributed by atoms with van der Waals surface area (Å²) in [4.78, 5) is -0.178. The van der Waals surface area contributed by atoms with E-state index in [1.165, 1.54) is 113 Å². The van der Waals surface area contributed by atoms with Crippen molar-refractivity contribution >= 4 is 10.1 Å². The lowest BCUT2D eigenvalue weighted by molar-refractivity contribution is -0.929. The molecule has 0 aromatic heterocycles. The van der Waals surface area contributed by atoms with Gasteiger partial charge >= 0.3 is 0 Å². The van der Waals surface area contributed by atoms with E-state index >= 15 is 0 Å². The van der Waals surface area contributed by atoms with Gasteiger partial charge in [-0.2, -0.15) is 0 Å². The van der Waals surface area contributed by atoms with Gasteiger partial charge in [0.15, 0.2) is 0 Å². The van der Waals surface area contributed by atoms with Crippen LogP contribution in [0.1, 0.15) is 103 Å². The van der Waals surface area contributed by atoms with Gasteiger partial charge in [0, 0.05) is 0 Å². The van der Waals surface area contributed by atoms with E-state index in [0.29, 0.717) is 6.61 Å². The fourth-order valence-electron chi connectivity index (χ4n) is 4.21. The lowest BCUT2D eigenvalue weighted by Gasteiger charge is -2.39. The van der Waals surface area contributed by atoms with Crippen LogP contribution in [0, 0.1) is 6.92 Å². The minimum absolute atomic E-state index is 0.178. The molecule has 0 atom stereocenters. The van der Waals surface area contributed by atoms with Crippen molar-refractivity contribution in [3.05, 3.63) is 29.8 Å². The van der Waals surface area contributed by atoms with Crippen LogP contribution in [0.4, 0.5) is 0 Å². The highest BCUT2D eigenvalue weighted by atomic mass is 32.2. The third-order valence-electron chi connectivity index (χ3n) is 6.34. The van der Waals surface area contributed by atoms with Crippen LogP contribution in [0.2, 0.25) is 0 Å². The number of unbranched alkanes of at least 4 members (excludes halogenated alkanes) is 9. The average molecular weight is 486 g/mol. The Morgan fingerprint density at radius 1 is 0.697 bits per heavy atom. The Bertz CT molecular complexity index is 643. The van der Waals surface area contributed by atoms with E-state index in [-0.39, 0.29) is 4.90 Å². The minimum atomic E-state index is -4.27. The molecular formula is C27H51NO4S. The largest absolute Gasteiger partial charge is 0.744 e. The Labute approximate surface area is 204 Å². The summed E-state index contributed by atoms with van der Waals surface area (Å²) in [5.74, 6) is 0. The molecule has 0 spiro atoms. The van der Waals surface area contributed by atoms with Gasteiger partial charge in [0.2, 0.25) is 0 Å². The number of aryl methyl sites for hydroxylation is 1. The highest BCUT2D eigenvalue weighted by molar-refractivity contribution is 7.85. The fraction of sp³-hybridized carbons (Fsp3) is 0.778. The Morgan fingerprint density at radius 3 is 1.39 bits per heavy atom. The molecule has 0 aliphatic rings. The smallest absolute Gasteiger partial charge is 0.124 e. The predicted molar refractivity (Wildman–Crippen MR) is 138 cm³/mol. The molecule has 0 aliphatic heterocycles. The molecule has 0 radical (unpaired) electrons. The van der Waals surface area contributed by atoms with Gasteiger partial charge in [0.1, 0.15) is 16.7 Å². The van der Waals surface area contributed by atoms with Gasteiger partial charge in [-0.15, -0.1) is 0 Å². The summed E-state index contributed by atoms with van der Waals surface area (Å²) in [7, 11) is -4.27. The lowest BCUT2D eigenvalue weighted by atomic mass is 10.1. The van der Waals surface area contributed by atoms with E-state index in [9.17, 15) is 18.1 Å². The Kier molecular flexibility index (Phi) is 18.8. The zero-order valence-corrected chi connectivity index (χ0v) is 22.7. The fourth-order valence-corrected chi connectivity index (χ4v) is 4.68. The van der Waals surface area contributed by atoms with Gasteiger partial charge in [0.05, 0.1) is 31.1 Å². The molecule has 0 unspecified atom stereocenters. The summed E-state index contributed by atoms with van der Waals surface area (Å²) in [6.45, 7) is 13.9. The van der Waals surface area contributed by atoms with E-state index in [4.69, 9.17) is 0 Å². The number of aliphatic hydroxyl groups is 1. The van der Waals surface area contributed by atoms with Crippen LogP contribution in [0.25, 0.3) is 0 Å². The van der Waals surface area contributed by atoms with Crippen LogP contribution in [0.5, 0.6) is 0 Å². The van der Waals surface area contributed by atoms with Crippen molar-refractivity contribution in [2.24, 2.45) is 0 Å². The number of nitrogens with zero attached hydrogens (tertiary/aromatic N) is 1. The first kappa shape index (κ1) is 32.0. The second kappa shape index (κ2) is 19.4. The quantitative estimate of drug-likeness (QED) is 0.147. The summed E-state index contributed by atoms with van der Waals surface area (Å²) >= 11 is 0. The normalized spacial score (nSPS) is 11.8. The Hall–Kier alpha value is -0.950. The van der Waals surface area contributed by atoms with Crippen molar-refractivity contribution in [1.82, 2.24) is 0 Å². The van der Waals surface area contributed by atoms with Gasteiger partial charge in [-0.05, 0) is 57.6 Å². The molecule has 0 saturated carbocycles. The molecule has 0 aliphatic carbocycles. The summed E-state index contributed by atoms with van der Waals surface area (Å²) in [6.07, 6.45) is 16.2. The number of benzene rings is 1. The molecule has 1 aromatic carbocycles. The lowest BCUT2D eigenvalue weighted by Crippen LogP contribution is -2.51. The molecule has 1 N–H and O–H groups in total. The van der Waals surface area contributed by atoms with Crippen molar-refractivity contribution in [2.75, 3.05) is 32.8 Å². The zero-order valence-electron chi connectivity index (χ0n) is 21.9. The SMILES string of the molecule is CCCCCC[N+](CCO)(CCCCCC)CCCCCC.Cc1ccc(S(=O)(=O)[O-])cc1. The van der Waals surface area contributed by atoms with Crippen LogP contribution in [0.3, 0.4) is 0 Å². The molecule has 6 heteroatoms. The standard InChI is InChI=1S/C20H44NO.C7H8O3S/c1-4-7-10-13-16-21(19-20-22,17-14-11-8-5-2)18-15-12-9-6-3;1-6-2-4-7(5-3-6)11(8,9)10/h22H,4-20H2,1-3H3;2-5H,1H3,(H,8,9,10)/q+1;/p-1. The summed E-state index contributed by atoms with van der Waals surface area (Å²) < 4.78 is 32.4. The first-order chi connectivity index (χ1) is 15.7. The van der Waals surface area contributed by atoms with E-state index in [0.717, 1.165) is 12.1 Å². The molecule has 0 saturated heterocycles. The van der Waals surface area contributed by atoms with Gasteiger partial charge in [0.25, 0.3) is 0 Å². The molecule has 0 bridgehead atoms. The van der Waals surface area contributed by atoms with Gasteiger partial charge in [-0.25, -0.2) is 8.42 Å². The number of quaternary nitrogens is 1. The Balaban J connectivity index is 0.000000771. The number of rotatable bonds is 18. The van der Waals surface area contributed by atoms with Crippen LogP contribution in [-0.4, -0.2) is 55.3 Å². The molecule has 33 heavy (non-hydrogen) atoms. The van der Waals surface area contributed by atoms with Crippen LogP contribution < -0.4 is 0 Å². The van der Waals surface area contributed by atoms with Crippen LogP contribution >= 0.6 is 0 Å². The molecule has 194 valence electrons. The second-order valence-corrected chi connectivity index (χ2v) is 10.8. The second-order valence-electron chi connectivity index (χ2n) is 9.41. The van der Waals surface area contributed by atoms with Gasteiger partial charge < -0.3 is 14.1 Å². The number of hydrogen-bond donors (Lipinski definition) is 1. The minimum Gasteiger partial charge on any atom is -0.744 e. The van der Waals surface area contributed by atoms with Crippen molar-refractivity contribution in [1.29, 1.82) is 0 Å². The molecule has 5 nitrogen and oxygen atoms in total. The summed E-state index contributed by atoms with van der Waals surface area (Å²) in [5, 5.41) is 9.59. The summed E-state index contributed by atoms with van der Waals surface area (Å²) in [6, 6.07) is 5.78. The first-order valence-electron chi connectivity index (χ1n) is 13.2. The maximum absolute atomic E-state index is 10.4. The highest BCUT2D eigenvalue weighted by Crippen LogP contribution is 2.17. The third-order valence-corrected chi connectivity index (χ3v) is 7.19. The predicted octanol–water partition coefficient (Wildman–Crippen LogP) is 6.44. The maximum Gasteiger partial charge on any atom is 0.124 e. The van der Waals surface area contributed by atoms with Crippen molar-refractivity contribution in [2.45, 2.75) is 110 Å². The monoisotopic (exact) mass is 485 g/mol. The van der Waals surface area contributed by atoms with Crippen LogP contribution in [-0.2, 0) is 10.1 Å². The summed E-state index contributed by atoms with van der Waals surface area (Å²) in [5.41, 5.74) is 0.928. The molecule has 0 heterocycles. The number of hydrogen-bond acceptors (Lipinski definition) is 4. The van der Waals surface area contributed by atoms with Crippen molar-refractivity contribution in [3.63, 3.8) is 0 Å². The molecular weight excluding hydrogens is 434 g/mol. The number of aliphatic hydroxyl groups excluding tert-OH is 1. The van der Waals surface area contributed by atoms with Gasteiger partial charge in [-0.1, -0.05) is 77.0 Å². The van der Waals surface area contributed by atoms with Crippen molar-refractivity contribution < 1.29 is 22.6 Å². The topological polar surface area (TPSA) is 77.4 Å². The average Bonchev–Trinajstić information content (AvgIpc) is 2.78. The van der Waals surface area contributed by atoms with Gasteiger partial charge in [-0.3, -0.25) is 0 Å². The van der Waals surface area contributed by atoms with Crippen molar-refractivity contribution in [3.8, 4) is 0 Å². The molecule has 0 amide bonds. The van der Waals surface area contributed by atoms with E-state index in [1.54, 1.807) is 12.1 Å². The zero-order chi connectivity index (χ0) is 25.0. The molecule has 1 aromatic rings. The maximum atomic E-state index is 10.4. The van der Waals surface area contributed by atoms with E-state index in [2.05, 4.69) is 20.8 Å². The molecule has 1 rings (SSSR count). The van der Waals surface area contributed by atoms with E-state index < -0.39 is 10.1 Å².